The Morgan fingerprint density at radius 1 is 1.07 bits per heavy atom. The maximum absolute atomic E-state index is 13.0. The third-order valence-corrected chi connectivity index (χ3v) is 5.32. The zero-order valence-electron chi connectivity index (χ0n) is 16.8. The van der Waals surface area contributed by atoms with Gasteiger partial charge < -0.3 is 19.8 Å². The molecule has 0 bridgehead atoms. The van der Waals surface area contributed by atoms with Crippen LogP contribution >= 0.6 is 0 Å². The molecule has 0 spiro atoms. The van der Waals surface area contributed by atoms with Gasteiger partial charge in [-0.1, -0.05) is 29.8 Å². The molecule has 1 atom stereocenters. The number of anilines is 1. The standard InChI is InChI=1S/C23H22N2O4/c1-12-9-10-16-15(11-12)19(22(26)25-16)20-18(23(27)29-4)13(2)24-21(20)14-7-5-6-8-17(14)28-3/h5-11,19,24H,1-4H3,(H,25,26)/t19-/m1/s1. The SMILES string of the molecule is COC(=O)c1c(C)[nH]c(-c2ccccc2OC)c1[C@@H]1C(=O)Nc2ccc(C)cc21. The van der Waals surface area contributed by atoms with Crippen molar-refractivity contribution in [3.05, 3.63) is 70.4 Å². The number of hydrogen-bond donors (Lipinski definition) is 2. The molecule has 1 aliphatic heterocycles. The summed E-state index contributed by atoms with van der Waals surface area (Å²) in [5.41, 5.74) is 5.70. The number of aromatic nitrogens is 1. The number of carbonyl (C=O) groups is 2. The van der Waals surface area contributed by atoms with Crippen LogP contribution in [0.3, 0.4) is 0 Å². The van der Waals surface area contributed by atoms with Crippen LogP contribution < -0.4 is 10.1 Å². The fourth-order valence-corrected chi connectivity index (χ4v) is 4.03. The van der Waals surface area contributed by atoms with Gasteiger partial charge in [-0.25, -0.2) is 4.79 Å². The van der Waals surface area contributed by atoms with E-state index in [-0.39, 0.29) is 5.91 Å². The molecular weight excluding hydrogens is 368 g/mol. The van der Waals surface area contributed by atoms with Crippen molar-refractivity contribution in [1.29, 1.82) is 0 Å². The molecule has 6 nitrogen and oxygen atoms in total. The van der Waals surface area contributed by atoms with Crippen molar-refractivity contribution in [1.82, 2.24) is 4.98 Å². The number of aryl methyl sites for hydroxylation is 2. The summed E-state index contributed by atoms with van der Waals surface area (Å²) in [6, 6.07) is 13.3. The van der Waals surface area contributed by atoms with Crippen LogP contribution in [0.25, 0.3) is 11.3 Å². The van der Waals surface area contributed by atoms with Crippen molar-refractivity contribution in [2.24, 2.45) is 0 Å². The molecule has 1 amide bonds. The van der Waals surface area contributed by atoms with Gasteiger partial charge in [0.05, 0.1) is 31.4 Å². The summed E-state index contributed by atoms with van der Waals surface area (Å²) in [7, 11) is 2.94. The van der Waals surface area contributed by atoms with E-state index in [4.69, 9.17) is 9.47 Å². The normalized spacial score (nSPS) is 15.0. The number of amides is 1. The molecule has 0 fully saturated rings. The Morgan fingerprint density at radius 2 is 1.83 bits per heavy atom. The molecule has 29 heavy (non-hydrogen) atoms. The monoisotopic (exact) mass is 390 g/mol. The summed E-state index contributed by atoms with van der Waals surface area (Å²) in [5.74, 6) is -0.646. The van der Waals surface area contributed by atoms with Gasteiger partial charge in [0.25, 0.3) is 0 Å². The van der Waals surface area contributed by atoms with Crippen LogP contribution in [-0.2, 0) is 9.53 Å². The number of esters is 1. The number of carbonyl (C=O) groups excluding carboxylic acids is 2. The highest BCUT2D eigenvalue weighted by molar-refractivity contribution is 6.09. The molecule has 1 aromatic heterocycles. The summed E-state index contributed by atoms with van der Waals surface area (Å²) >= 11 is 0. The second-order valence-electron chi connectivity index (χ2n) is 7.12. The van der Waals surface area contributed by atoms with Crippen molar-refractivity contribution in [2.45, 2.75) is 19.8 Å². The van der Waals surface area contributed by atoms with E-state index in [1.165, 1.54) is 7.11 Å². The molecular formula is C23H22N2O4. The van der Waals surface area contributed by atoms with Crippen molar-refractivity contribution < 1.29 is 19.1 Å². The van der Waals surface area contributed by atoms with Gasteiger partial charge in [0.15, 0.2) is 0 Å². The van der Waals surface area contributed by atoms with E-state index in [2.05, 4.69) is 10.3 Å². The number of nitrogens with one attached hydrogen (secondary N) is 2. The first kappa shape index (κ1) is 18.8. The van der Waals surface area contributed by atoms with Gasteiger partial charge in [-0.05, 0) is 37.6 Å². The number of rotatable bonds is 4. The fraction of sp³-hybridized carbons (Fsp3) is 0.217. The quantitative estimate of drug-likeness (QED) is 0.655. The highest BCUT2D eigenvalue weighted by Crippen LogP contribution is 2.45. The molecule has 6 heteroatoms. The van der Waals surface area contributed by atoms with E-state index >= 15 is 0 Å². The molecule has 0 aliphatic carbocycles. The molecule has 0 unspecified atom stereocenters. The minimum Gasteiger partial charge on any atom is -0.496 e. The largest absolute Gasteiger partial charge is 0.496 e. The highest BCUT2D eigenvalue weighted by Gasteiger charge is 2.39. The molecule has 4 rings (SSSR count). The van der Waals surface area contributed by atoms with Crippen LogP contribution in [0.2, 0.25) is 0 Å². The second kappa shape index (κ2) is 7.13. The number of benzene rings is 2. The Balaban J connectivity index is 2.04. The number of fused-ring (bicyclic) bond motifs is 1. The predicted octanol–water partition coefficient (Wildman–Crippen LogP) is 4.18. The molecule has 3 aromatic rings. The Hall–Kier alpha value is -3.54. The van der Waals surface area contributed by atoms with E-state index < -0.39 is 11.9 Å². The van der Waals surface area contributed by atoms with Gasteiger partial charge in [-0.15, -0.1) is 0 Å². The topological polar surface area (TPSA) is 80.4 Å². The number of H-pyrrole nitrogens is 1. The third-order valence-electron chi connectivity index (χ3n) is 5.32. The van der Waals surface area contributed by atoms with Crippen LogP contribution in [-0.4, -0.2) is 31.1 Å². The number of aromatic amines is 1. The van der Waals surface area contributed by atoms with Gasteiger partial charge in [-0.2, -0.15) is 0 Å². The van der Waals surface area contributed by atoms with Gasteiger partial charge >= 0.3 is 5.97 Å². The molecule has 0 saturated carbocycles. The molecule has 2 heterocycles. The van der Waals surface area contributed by atoms with E-state index in [0.29, 0.717) is 28.3 Å². The number of ether oxygens (including phenoxy) is 2. The van der Waals surface area contributed by atoms with E-state index in [1.54, 1.807) is 14.0 Å². The van der Waals surface area contributed by atoms with Crippen molar-refractivity contribution in [3.8, 4) is 17.0 Å². The van der Waals surface area contributed by atoms with Crippen LogP contribution in [0.5, 0.6) is 5.75 Å². The maximum atomic E-state index is 13.0. The van der Waals surface area contributed by atoms with Crippen molar-refractivity contribution in [2.75, 3.05) is 19.5 Å². The third kappa shape index (κ3) is 2.97. The van der Waals surface area contributed by atoms with Crippen molar-refractivity contribution in [3.63, 3.8) is 0 Å². The van der Waals surface area contributed by atoms with Crippen LogP contribution in [0.15, 0.2) is 42.5 Å². The molecule has 2 N–H and O–H groups in total. The molecule has 0 saturated heterocycles. The Labute approximate surface area is 168 Å². The average Bonchev–Trinajstić information content (AvgIpc) is 3.22. The molecule has 148 valence electrons. The zero-order valence-corrected chi connectivity index (χ0v) is 16.8. The van der Waals surface area contributed by atoms with Gasteiger partial charge in [0.1, 0.15) is 5.75 Å². The minimum absolute atomic E-state index is 0.175. The molecule has 0 radical (unpaired) electrons. The maximum Gasteiger partial charge on any atom is 0.340 e. The molecule has 2 aromatic carbocycles. The summed E-state index contributed by atoms with van der Waals surface area (Å²) in [6.45, 7) is 3.78. The summed E-state index contributed by atoms with van der Waals surface area (Å²) in [6.07, 6.45) is 0. The number of hydrogen-bond acceptors (Lipinski definition) is 4. The van der Waals surface area contributed by atoms with E-state index in [0.717, 1.165) is 22.4 Å². The summed E-state index contributed by atoms with van der Waals surface area (Å²) in [5, 5.41) is 2.94. The van der Waals surface area contributed by atoms with Crippen LogP contribution in [0, 0.1) is 13.8 Å². The second-order valence-corrected chi connectivity index (χ2v) is 7.12. The lowest BCUT2D eigenvalue weighted by Gasteiger charge is -2.15. The number of para-hydroxylation sites is 1. The summed E-state index contributed by atoms with van der Waals surface area (Å²) in [4.78, 5) is 29.0. The Bertz CT molecular complexity index is 1130. The van der Waals surface area contributed by atoms with E-state index in [1.807, 2.05) is 49.4 Å². The predicted molar refractivity (Wildman–Crippen MR) is 111 cm³/mol. The van der Waals surface area contributed by atoms with Gasteiger partial charge in [0.2, 0.25) is 5.91 Å². The first-order chi connectivity index (χ1) is 14.0. The minimum atomic E-state index is -0.635. The Kier molecular flexibility index (Phi) is 4.62. The lowest BCUT2D eigenvalue weighted by Crippen LogP contribution is -2.17. The average molecular weight is 390 g/mol. The first-order valence-electron chi connectivity index (χ1n) is 9.31. The number of methoxy groups -OCH3 is 2. The van der Waals surface area contributed by atoms with Gasteiger partial charge in [-0.3, -0.25) is 4.79 Å². The lowest BCUT2D eigenvalue weighted by molar-refractivity contribution is -0.116. The van der Waals surface area contributed by atoms with Crippen molar-refractivity contribution >= 4 is 17.6 Å². The van der Waals surface area contributed by atoms with Crippen LogP contribution in [0.1, 0.15) is 38.7 Å². The highest BCUT2D eigenvalue weighted by atomic mass is 16.5. The zero-order chi connectivity index (χ0) is 20.7. The van der Waals surface area contributed by atoms with Crippen LogP contribution in [0.4, 0.5) is 5.69 Å². The Morgan fingerprint density at radius 3 is 2.55 bits per heavy atom. The fourth-order valence-electron chi connectivity index (χ4n) is 4.03. The van der Waals surface area contributed by atoms with E-state index in [9.17, 15) is 9.59 Å². The van der Waals surface area contributed by atoms with Gasteiger partial charge in [0, 0.05) is 22.5 Å². The summed E-state index contributed by atoms with van der Waals surface area (Å²) < 4.78 is 10.6. The molecule has 1 aliphatic rings. The lowest BCUT2D eigenvalue weighted by atomic mass is 9.87. The first-order valence-corrected chi connectivity index (χ1v) is 9.31. The smallest absolute Gasteiger partial charge is 0.340 e.